The number of likely N-dealkylation sites (N-methyl/N-ethyl adjacent to an activating group) is 2. The van der Waals surface area contributed by atoms with E-state index in [-0.39, 0.29) is 30.4 Å². The van der Waals surface area contributed by atoms with Gasteiger partial charge in [-0.2, -0.15) is 0 Å². The summed E-state index contributed by atoms with van der Waals surface area (Å²) in [5, 5.41) is 5.23. The fourth-order valence-corrected chi connectivity index (χ4v) is 7.79. The van der Waals surface area contributed by atoms with Crippen molar-refractivity contribution in [2.45, 2.75) is 27.1 Å². The third-order valence-corrected chi connectivity index (χ3v) is 12.1. The van der Waals surface area contributed by atoms with Crippen LogP contribution in [0.15, 0.2) is 94.1 Å². The minimum Gasteiger partial charge on any atom is -0.461 e. The maximum Gasteiger partial charge on any atom is 0.302 e. The Hall–Kier alpha value is -5.13. The smallest absolute Gasteiger partial charge is 0.302 e. The number of nitrogens with two attached hydrogens (primary N) is 1. The first kappa shape index (κ1) is 45.4. The quantitative estimate of drug-likeness (QED) is 0.0858. The fourth-order valence-electron chi connectivity index (χ4n) is 6.53. The molecule has 2 aliphatic heterocycles. The lowest BCUT2D eigenvalue weighted by atomic mass is 10.1. The van der Waals surface area contributed by atoms with Gasteiger partial charge in [0.05, 0.1) is 20.0 Å². The molecule has 14 nitrogen and oxygen atoms in total. The highest BCUT2D eigenvalue weighted by atomic mass is 79.9. The monoisotopic (exact) mass is 974 g/mol. The highest BCUT2D eigenvalue weighted by Crippen LogP contribution is 2.29. The lowest BCUT2D eigenvalue weighted by Crippen LogP contribution is -2.44. The predicted octanol–water partition coefficient (Wildman–Crippen LogP) is 8.08. The van der Waals surface area contributed by atoms with Crippen LogP contribution < -0.4 is 20.9 Å². The van der Waals surface area contributed by atoms with E-state index in [0.717, 1.165) is 100 Å². The van der Waals surface area contributed by atoms with Crippen molar-refractivity contribution >= 4 is 106 Å². The molecule has 0 aliphatic carbocycles. The maximum atomic E-state index is 11.1. The van der Waals surface area contributed by atoms with Crippen LogP contribution in [0.2, 0.25) is 5.28 Å². The number of nitrogens with zero attached hydrogens (tertiary/aromatic N) is 8. The third-order valence-electron chi connectivity index (χ3n) is 10.1. The summed E-state index contributed by atoms with van der Waals surface area (Å²) in [5.74, 6) is -0.120. The summed E-state index contributed by atoms with van der Waals surface area (Å²) in [6.07, 6.45) is 3.43. The molecule has 61 heavy (non-hydrogen) atoms. The van der Waals surface area contributed by atoms with Gasteiger partial charge in [-0.05, 0) is 106 Å². The number of nitrogen functional groups attached to an aromatic ring is 1. The Bertz CT molecular complexity index is 2430. The first-order chi connectivity index (χ1) is 29.3. The highest BCUT2D eigenvalue weighted by Gasteiger charge is 2.16. The molecule has 320 valence electrons. The number of fused-ring (bicyclic) bond motifs is 2. The minimum absolute atomic E-state index is 0.183. The third kappa shape index (κ3) is 12.9. The van der Waals surface area contributed by atoms with Gasteiger partial charge in [0.1, 0.15) is 13.2 Å². The number of carbonyl (C=O) groups excluding carboxylic acids is 2. The molecule has 0 bridgehead atoms. The number of halogens is 3. The summed E-state index contributed by atoms with van der Waals surface area (Å²) in [6.45, 7) is 11.9. The standard InChI is InChI=1S/C22H24BrN5O2.C11H8BrClN2O2.C11H17N3/c1-15(29)30-14-17-4-3-16-13-24-22(26-21(16)20(17)23)25-18-5-7-19(8-6-18)28-11-9-27(2)10-12-28;1-6(16)17-5-8-3-2-7-4-14-11(13)15-10(7)9(8)12;1-13-6-8-14(9-7-13)11-4-2-10(12)3-5-11/h3-8,13H,9-12,14H2,1-2H3,(H,24,25,26);2-4H,5H2,1H3;2-5H,6-9,12H2,1H3. The summed E-state index contributed by atoms with van der Waals surface area (Å²) in [4.78, 5) is 48.5. The van der Waals surface area contributed by atoms with Crippen molar-refractivity contribution in [3.63, 3.8) is 0 Å². The lowest BCUT2D eigenvalue weighted by Gasteiger charge is -2.34. The van der Waals surface area contributed by atoms with Crippen LogP contribution in [0.3, 0.4) is 0 Å². The highest BCUT2D eigenvalue weighted by molar-refractivity contribution is 9.11. The topological polar surface area (TPSA) is 155 Å². The van der Waals surface area contributed by atoms with Crippen LogP contribution in [-0.4, -0.2) is 108 Å². The van der Waals surface area contributed by atoms with Gasteiger partial charge in [0.2, 0.25) is 11.2 Å². The Morgan fingerprint density at radius 1 is 0.656 bits per heavy atom. The van der Waals surface area contributed by atoms with E-state index >= 15 is 0 Å². The Kier molecular flexibility index (Phi) is 16.1. The van der Waals surface area contributed by atoms with E-state index in [1.54, 1.807) is 12.4 Å². The SMILES string of the molecule is CC(=O)OCc1ccc2cnc(Cl)nc2c1Br.CC(=O)OCc1ccc2cnc(Nc3ccc(N4CCN(C)CC4)cc3)nc2c1Br.CN1CCN(c2ccc(N)cc2)CC1. The molecule has 6 aromatic rings. The summed E-state index contributed by atoms with van der Waals surface area (Å²) >= 11 is 12.8. The number of anilines is 5. The van der Waals surface area contributed by atoms with E-state index in [1.807, 2.05) is 48.5 Å². The second kappa shape index (κ2) is 21.6. The number of carbonyl (C=O) groups is 2. The van der Waals surface area contributed by atoms with Crippen LogP contribution in [0.4, 0.5) is 28.7 Å². The Morgan fingerprint density at radius 3 is 1.57 bits per heavy atom. The molecule has 3 N–H and O–H groups in total. The van der Waals surface area contributed by atoms with E-state index in [4.69, 9.17) is 26.8 Å². The Labute approximate surface area is 377 Å². The second-order valence-electron chi connectivity index (χ2n) is 14.7. The van der Waals surface area contributed by atoms with Gasteiger partial charge in [-0.15, -0.1) is 0 Å². The van der Waals surface area contributed by atoms with Crippen molar-refractivity contribution in [2.75, 3.05) is 87.3 Å². The van der Waals surface area contributed by atoms with Crippen LogP contribution in [0, 0.1) is 0 Å². The van der Waals surface area contributed by atoms with Gasteiger partial charge in [-0.1, -0.05) is 24.3 Å². The molecule has 4 aromatic carbocycles. The molecule has 17 heteroatoms. The van der Waals surface area contributed by atoms with Crippen LogP contribution in [0.5, 0.6) is 0 Å². The number of rotatable bonds is 8. The molecule has 0 radical (unpaired) electrons. The number of hydrogen-bond acceptors (Lipinski definition) is 14. The van der Waals surface area contributed by atoms with Gasteiger partial charge < -0.3 is 40.1 Å². The zero-order chi connectivity index (χ0) is 43.5. The van der Waals surface area contributed by atoms with Crippen LogP contribution in [0.25, 0.3) is 21.8 Å². The molecule has 2 aliphatic rings. The first-order valence-electron chi connectivity index (χ1n) is 19.7. The van der Waals surface area contributed by atoms with E-state index < -0.39 is 0 Å². The van der Waals surface area contributed by atoms with Crippen molar-refractivity contribution < 1.29 is 19.1 Å². The molecular formula is C44H49Br2ClN10O4. The molecule has 2 saturated heterocycles. The number of nitrogens with one attached hydrogen (secondary N) is 1. The maximum absolute atomic E-state index is 11.1. The normalized spacial score (nSPS) is 14.4. The summed E-state index contributed by atoms with van der Waals surface area (Å²) in [7, 11) is 4.33. The number of ether oxygens (including phenoxy) is 2. The van der Waals surface area contributed by atoms with Crippen molar-refractivity contribution in [1.29, 1.82) is 0 Å². The number of aromatic nitrogens is 4. The molecule has 4 heterocycles. The molecule has 0 unspecified atom stereocenters. The minimum atomic E-state index is -0.322. The number of benzene rings is 4. The zero-order valence-electron chi connectivity index (χ0n) is 34.6. The van der Waals surface area contributed by atoms with Crippen LogP contribution in [0.1, 0.15) is 25.0 Å². The van der Waals surface area contributed by atoms with Crippen LogP contribution in [-0.2, 0) is 32.3 Å². The van der Waals surface area contributed by atoms with Crippen LogP contribution >= 0.6 is 43.5 Å². The summed E-state index contributed by atoms with van der Waals surface area (Å²) < 4.78 is 11.6. The van der Waals surface area contributed by atoms with Gasteiger partial charge in [0.25, 0.3) is 0 Å². The van der Waals surface area contributed by atoms with Crippen molar-refractivity contribution in [1.82, 2.24) is 29.7 Å². The average Bonchev–Trinajstić information content (AvgIpc) is 3.25. The predicted molar refractivity (Wildman–Crippen MR) is 250 cm³/mol. The first-order valence-corrected chi connectivity index (χ1v) is 21.7. The molecular weight excluding hydrogens is 928 g/mol. The fraction of sp³-hybridized carbons (Fsp3) is 0.318. The number of esters is 2. The summed E-state index contributed by atoms with van der Waals surface area (Å²) in [6, 6.07) is 24.0. The Morgan fingerprint density at radius 2 is 1.10 bits per heavy atom. The van der Waals surface area contributed by atoms with E-state index in [0.29, 0.717) is 11.5 Å². The summed E-state index contributed by atoms with van der Waals surface area (Å²) in [5.41, 5.74) is 13.1. The van der Waals surface area contributed by atoms with E-state index in [9.17, 15) is 9.59 Å². The second-order valence-corrected chi connectivity index (χ2v) is 16.6. The molecule has 0 amide bonds. The molecule has 0 atom stereocenters. The van der Waals surface area contributed by atoms with Crippen molar-refractivity contribution in [3.05, 3.63) is 111 Å². The largest absolute Gasteiger partial charge is 0.461 e. The van der Waals surface area contributed by atoms with Crippen molar-refractivity contribution in [3.8, 4) is 0 Å². The van der Waals surface area contributed by atoms with Gasteiger partial charge >= 0.3 is 11.9 Å². The van der Waals surface area contributed by atoms with Gasteiger partial charge in [-0.25, -0.2) is 19.9 Å². The number of piperazine rings is 2. The van der Waals surface area contributed by atoms with Gasteiger partial charge in [0, 0.05) is 123 Å². The molecule has 8 rings (SSSR count). The molecule has 0 spiro atoms. The number of hydrogen-bond donors (Lipinski definition) is 2. The molecule has 2 fully saturated rings. The van der Waals surface area contributed by atoms with E-state index in [1.165, 1.54) is 25.2 Å². The molecule has 2 aromatic heterocycles. The van der Waals surface area contributed by atoms with Crippen molar-refractivity contribution in [2.24, 2.45) is 0 Å². The van der Waals surface area contributed by atoms with Gasteiger partial charge in [0.15, 0.2) is 0 Å². The van der Waals surface area contributed by atoms with Gasteiger partial charge in [-0.3, -0.25) is 9.59 Å². The molecule has 0 saturated carbocycles. The zero-order valence-corrected chi connectivity index (χ0v) is 38.5. The Balaban J connectivity index is 0.000000169. The van der Waals surface area contributed by atoms with E-state index in [2.05, 4.69) is 115 Å². The lowest BCUT2D eigenvalue weighted by molar-refractivity contribution is -0.143. The average molecular weight is 977 g/mol.